The van der Waals surface area contributed by atoms with Crippen molar-refractivity contribution >= 4 is 22.8 Å². The van der Waals surface area contributed by atoms with E-state index in [-0.39, 0.29) is 5.78 Å². The Kier molecular flexibility index (Phi) is 6.80. The highest BCUT2D eigenvalue weighted by atomic mass is 16.5. The van der Waals surface area contributed by atoms with Crippen molar-refractivity contribution in [3.05, 3.63) is 41.9 Å². The van der Waals surface area contributed by atoms with Gasteiger partial charge in [-0.25, -0.2) is 0 Å². The lowest BCUT2D eigenvalue weighted by Crippen LogP contribution is -2.33. The normalized spacial score (nSPS) is 14.8. The number of hydrogen-bond acceptors (Lipinski definition) is 7. The molecule has 4 rings (SSSR count). The van der Waals surface area contributed by atoms with Gasteiger partial charge >= 0.3 is 0 Å². The van der Waals surface area contributed by atoms with E-state index in [2.05, 4.69) is 10.00 Å². The van der Waals surface area contributed by atoms with Crippen LogP contribution >= 0.6 is 0 Å². The van der Waals surface area contributed by atoms with Crippen LogP contribution in [0.2, 0.25) is 0 Å². The first-order valence-electron chi connectivity index (χ1n) is 10.8. The van der Waals surface area contributed by atoms with E-state index in [1.165, 1.54) is 25.3 Å². The second-order valence-electron chi connectivity index (χ2n) is 7.82. The number of aromatic nitrogens is 2. The molecule has 32 heavy (non-hydrogen) atoms. The molecule has 1 fully saturated rings. The average molecular weight is 440 g/mol. The molecular weight excluding hydrogens is 410 g/mol. The van der Waals surface area contributed by atoms with Crippen LogP contribution in [0.5, 0.6) is 17.2 Å². The van der Waals surface area contributed by atoms with E-state index in [0.29, 0.717) is 40.6 Å². The summed E-state index contributed by atoms with van der Waals surface area (Å²) in [7, 11) is 4.94. The molecule has 1 aliphatic heterocycles. The lowest BCUT2D eigenvalue weighted by Gasteiger charge is -2.26. The molecule has 8 nitrogen and oxygen atoms in total. The summed E-state index contributed by atoms with van der Waals surface area (Å²) >= 11 is 0. The Labute approximate surface area is 187 Å². The van der Waals surface area contributed by atoms with E-state index < -0.39 is 0 Å². The summed E-state index contributed by atoms with van der Waals surface area (Å²) < 4.78 is 24.9. The van der Waals surface area contributed by atoms with Crippen LogP contribution in [0.15, 0.2) is 35.2 Å². The zero-order valence-electron chi connectivity index (χ0n) is 18.8. The number of carbonyl (C=O) groups excluding carboxylic acids is 1. The number of carbonyl (C=O) groups is 1. The summed E-state index contributed by atoms with van der Waals surface area (Å²) in [6.45, 7) is 3.49. The molecule has 2 aromatic heterocycles. The molecule has 0 N–H and O–H groups in total. The van der Waals surface area contributed by atoms with Gasteiger partial charge in [0.1, 0.15) is 12.4 Å². The number of ether oxygens (including phenoxy) is 3. The Hall–Kier alpha value is -3.26. The number of hydrogen-bond donors (Lipinski definition) is 0. The fourth-order valence-corrected chi connectivity index (χ4v) is 4.10. The van der Waals surface area contributed by atoms with Gasteiger partial charge in [-0.05, 0) is 44.1 Å². The molecule has 8 heteroatoms. The Morgan fingerprint density at radius 2 is 1.94 bits per heavy atom. The maximum atomic E-state index is 12.7. The topological polar surface area (TPSA) is 79.0 Å². The number of piperidine rings is 1. The van der Waals surface area contributed by atoms with E-state index >= 15 is 0 Å². The zero-order valence-corrected chi connectivity index (χ0v) is 18.8. The van der Waals surface area contributed by atoms with E-state index in [1.54, 1.807) is 50.7 Å². The molecule has 170 valence electrons. The summed E-state index contributed by atoms with van der Waals surface area (Å²) in [5.41, 5.74) is 1.69. The van der Waals surface area contributed by atoms with E-state index in [4.69, 9.17) is 18.6 Å². The third kappa shape index (κ3) is 4.50. The lowest BCUT2D eigenvalue weighted by molar-refractivity contribution is 0.104. The number of methoxy groups -OCH3 is 2. The largest absolute Gasteiger partial charge is 0.495 e. The highest BCUT2D eigenvalue weighted by Gasteiger charge is 2.24. The highest BCUT2D eigenvalue weighted by molar-refractivity contribution is 6.07. The lowest BCUT2D eigenvalue weighted by atomic mass is 10.1. The van der Waals surface area contributed by atoms with E-state index in [9.17, 15) is 4.79 Å². The van der Waals surface area contributed by atoms with Gasteiger partial charge in [-0.3, -0.25) is 14.4 Å². The third-order valence-corrected chi connectivity index (χ3v) is 5.71. The predicted molar refractivity (Wildman–Crippen MR) is 122 cm³/mol. The molecule has 0 aliphatic carbocycles. The van der Waals surface area contributed by atoms with Crippen molar-refractivity contribution in [1.82, 2.24) is 14.7 Å². The van der Waals surface area contributed by atoms with Gasteiger partial charge in [-0.2, -0.15) is 5.10 Å². The Morgan fingerprint density at radius 3 is 2.62 bits per heavy atom. The Morgan fingerprint density at radius 1 is 1.16 bits per heavy atom. The third-order valence-electron chi connectivity index (χ3n) is 5.71. The van der Waals surface area contributed by atoms with Gasteiger partial charge in [0.2, 0.25) is 5.75 Å². The van der Waals surface area contributed by atoms with Crippen molar-refractivity contribution in [1.29, 1.82) is 0 Å². The van der Waals surface area contributed by atoms with Crippen LogP contribution < -0.4 is 14.2 Å². The molecule has 0 spiro atoms. The minimum Gasteiger partial charge on any atom is -0.495 e. The van der Waals surface area contributed by atoms with Crippen LogP contribution in [0.1, 0.15) is 35.2 Å². The van der Waals surface area contributed by atoms with Gasteiger partial charge in [0.25, 0.3) is 0 Å². The van der Waals surface area contributed by atoms with Crippen LogP contribution in [0.3, 0.4) is 0 Å². The fraction of sp³-hybridized carbons (Fsp3) is 0.417. The monoisotopic (exact) mass is 439 g/mol. The molecule has 1 aliphatic rings. The number of benzene rings is 1. The number of rotatable bonds is 9. The Bertz CT molecular complexity index is 1110. The van der Waals surface area contributed by atoms with Crippen molar-refractivity contribution in [3.8, 4) is 17.2 Å². The van der Waals surface area contributed by atoms with E-state index in [0.717, 1.165) is 25.0 Å². The summed E-state index contributed by atoms with van der Waals surface area (Å²) in [5.74, 6) is 1.39. The second kappa shape index (κ2) is 9.91. The molecule has 0 bridgehead atoms. The number of allylic oxidation sites excluding steroid dienone is 1. The van der Waals surface area contributed by atoms with Gasteiger partial charge in [0, 0.05) is 19.8 Å². The van der Waals surface area contributed by atoms with E-state index in [1.807, 2.05) is 6.07 Å². The number of fused-ring (bicyclic) bond motifs is 1. The van der Waals surface area contributed by atoms with Gasteiger partial charge in [-0.15, -0.1) is 0 Å². The van der Waals surface area contributed by atoms with Crippen molar-refractivity contribution in [2.24, 2.45) is 7.05 Å². The van der Waals surface area contributed by atoms with Gasteiger partial charge < -0.3 is 18.6 Å². The molecule has 3 heterocycles. The highest BCUT2D eigenvalue weighted by Crippen LogP contribution is 2.47. The maximum absolute atomic E-state index is 12.7. The molecule has 3 aromatic rings. The summed E-state index contributed by atoms with van der Waals surface area (Å²) in [4.78, 5) is 15.1. The van der Waals surface area contributed by atoms with Gasteiger partial charge in [0.15, 0.2) is 17.1 Å². The summed E-state index contributed by atoms with van der Waals surface area (Å²) in [6.07, 6.45) is 11.7. The smallest absolute Gasteiger partial charge is 0.205 e. The first-order chi connectivity index (χ1) is 15.6. The molecule has 0 atom stereocenters. The molecule has 1 aromatic carbocycles. The fourth-order valence-electron chi connectivity index (χ4n) is 4.10. The quantitative estimate of drug-likeness (QED) is 0.369. The standard InChI is InChI=1S/C24H29N3O5/c1-26-16-17(15-25-26)20(28)8-7-18-21(29-2)19-9-13-31-23(19)24(30-3)22(18)32-14-12-27-10-5-4-6-11-27/h7-9,13,15-16H,4-6,10-12,14H2,1-3H3. The second-order valence-corrected chi connectivity index (χ2v) is 7.82. The number of ketones is 1. The molecule has 0 radical (unpaired) electrons. The molecular formula is C24H29N3O5. The number of nitrogens with zero attached hydrogens (tertiary/aromatic N) is 3. The van der Waals surface area contributed by atoms with Crippen LogP contribution in [0, 0.1) is 0 Å². The summed E-state index contributed by atoms with van der Waals surface area (Å²) in [5, 5.41) is 4.82. The predicted octanol–water partition coefficient (Wildman–Crippen LogP) is 3.94. The minimum atomic E-state index is -0.161. The van der Waals surface area contributed by atoms with Crippen molar-refractivity contribution in [3.63, 3.8) is 0 Å². The Balaban J connectivity index is 1.68. The first-order valence-corrected chi connectivity index (χ1v) is 10.8. The summed E-state index contributed by atoms with van der Waals surface area (Å²) in [6, 6.07) is 1.81. The number of aryl methyl sites for hydroxylation is 1. The average Bonchev–Trinajstić information content (AvgIpc) is 3.47. The zero-order chi connectivity index (χ0) is 22.5. The molecule has 0 saturated carbocycles. The number of likely N-dealkylation sites (tertiary alicyclic amines) is 1. The van der Waals surface area contributed by atoms with Crippen LogP contribution in [-0.4, -0.2) is 60.9 Å². The van der Waals surface area contributed by atoms with Crippen LogP contribution in [0.25, 0.3) is 17.0 Å². The number of furan rings is 1. The van der Waals surface area contributed by atoms with Crippen LogP contribution in [-0.2, 0) is 7.05 Å². The maximum Gasteiger partial charge on any atom is 0.205 e. The van der Waals surface area contributed by atoms with Crippen molar-refractivity contribution < 1.29 is 23.4 Å². The molecule has 0 unspecified atom stereocenters. The van der Waals surface area contributed by atoms with Crippen molar-refractivity contribution in [2.75, 3.05) is 40.5 Å². The van der Waals surface area contributed by atoms with Gasteiger partial charge in [0.05, 0.1) is 43.2 Å². The molecule has 0 amide bonds. The van der Waals surface area contributed by atoms with Crippen LogP contribution in [0.4, 0.5) is 0 Å². The molecule has 1 saturated heterocycles. The van der Waals surface area contributed by atoms with Crippen molar-refractivity contribution in [2.45, 2.75) is 19.3 Å². The minimum absolute atomic E-state index is 0.161. The first kappa shape index (κ1) is 22.0. The SMILES string of the molecule is COc1c(C=CC(=O)c2cnn(C)c2)c(OCCN2CCCCC2)c(OC)c2occc12. The van der Waals surface area contributed by atoms with Gasteiger partial charge in [-0.1, -0.05) is 6.42 Å².